The van der Waals surface area contributed by atoms with Gasteiger partial charge in [-0.2, -0.15) is 5.10 Å². The Kier molecular flexibility index (Phi) is 4.89. The summed E-state index contributed by atoms with van der Waals surface area (Å²) in [5, 5.41) is 9.81. The van der Waals surface area contributed by atoms with Gasteiger partial charge in [0.1, 0.15) is 22.7 Å². The van der Waals surface area contributed by atoms with E-state index in [0.717, 1.165) is 28.2 Å². The highest BCUT2D eigenvalue weighted by molar-refractivity contribution is 7.90. The van der Waals surface area contributed by atoms with E-state index in [0.29, 0.717) is 29.7 Å². The molecule has 36 heavy (non-hydrogen) atoms. The number of imidazole rings is 1. The molecule has 1 aliphatic rings. The van der Waals surface area contributed by atoms with Crippen molar-refractivity contribution in [3.63, 3.8) is 0 Å². The van der Waals surface area contributed by atoms with Crippen molar-refractivity contribution in [2.75, 3.05) is 0 Å². The monoisotopic (exact) mass is 505 g/mol. The van der Waals surface area contributed by atoms with Crippen molar-refractivity contribution in [2.24, 2.45) is 12.2 Å². The number of primary sulfonamides is 1. The summed E-state index contributed by atoms with van der Waals surface area (Å²) >= 11 is 0. The van der Waals surface area contributed by atoms with Crippen LogP contribution in [-0.4, -0.2) is 27.7 Å². The van der Waals surface area contributed by atoms with Gasteiger partial charge < -0.3 is 0 Å². The van der Waals surface area contributed by atoms with Crippen molar-refractivity contribution >= 4 is 21.1 Å². The van der Waals surface area contributed by atoms with Gasteiger partial charge in [-0.25, -0.2) is 27.3 Å². The number of rotatable bonds is 5. The minimum absolute atomic E-state index is 0.160. The molecule has 0 bridgehead atoms. The number of hydrogen-bond acceptors (Lipinski definition) is 4. The highest BCUT2D eigenvalue weighted by atomic mass is 32.2. The number of aromatic nitrogens is 4. The molecular weight excluding hydrogens is 484 g/mol. The molecule has 1 saturated carbocycles. The van der Waals surface area contributed by atoms with E-state index in [1.165, 1.54) is 12.1 Å². The van der Waals surface area contributed by atoms with Crippen molar-refractivity contribution in [1.82, 2.24) is 19.3 Å². The molecule has 0 atom stereocenters. The summed E-state index contributed by atoms with van der Waals surface area (Å²) in [6.45, 7) is 0. The first kappa shape index (κ1) is 22.6. The zero-order valence-corrected chi connectivity index (χ0v) is 20.0. The Morgan fingerprint density at radius 1 is 0.972 bits per heavy atom. The zero-order valence-electron chi connectivity index (χ0n) is 19.2. The number of halogens is 2. The minimum Gasteiger partial charge on any atom is -0.299 e. The summed E-state index contributed by atoms with van der Waals surface area (Å²) in [5.74, 6) is -1.43. The van der Waals surface area contributed by atoms with Crippen LogP contribution < -0.4 is 5.14 Å². The molecule has 0 radical (unpaired) electrons. The van der Waals surface area contributed by atoms with Crippen LogP contribution in [0, 0.1) is 11.6 Å². The highest BCUT2D eigenvalue weighted by Crippen LogP contribution is 2.52. The van der Waals surface area contributed by atoms with E-state index in [4.69, 9.17) is 5.14 Å². The molecule has 2 heterocycles. The van der Waals surface area contributed by atoms with E-state index in [1.807, 2.05) is 36.0 Å². The molecule has 5 aromatic rings. The van der Waals surface area contributed by atoms with Crippen LogP contribution >= 0.6 is 0 Å². The first-order valence-electron chi connectivity index (χ1n) is 11.2. The lowest BCUT2D eigenvalue weighted by molar-refractivity contribution is 0.582. The van der Waals surface area contributed by atoms with Gasteiger partial charge in [0, 0.05) is 36.1 Å². The molecule has 0 amide bonds. The van der Waals surface area contributed by atoms with Crippen LogP contribution in [0.1, 0.15) is 18.4 Å². The predicted octanol–water partition coefficient (Wildman–Crippen LogP) is 4.65. The molecule has 0 aliphatic heterocycles. The summed E-state index contributed by atoms with van der Waals surface area (Å²) in [6, 6.07) is 14.2. The number of nitrogens with two attached hydrogens (primary N) is 1. The third-order valence-electron chi connectivity index (χ3n) is 6.80. The van der Waals surface area contributed by atoms with Gasteiger partial charge in [-0.1, -0.05) is 6.07 Å². The maximum atomic E-state index is 14.7. The van der Waals surface area contributed by atoms with E-state index >= 15 is 0 Å². The molecular formula is C26H21F2N5O2S. The van der Waals surface area contributed by atoms with Gasteiger partial charge in [-0.05, 0) is 72.0 Å². The molecule has 1 aliphatic carbocycles. The van der Waals surface area contributed by atoms with Crippen LogP contribution in [0.2, 0.25) is 0 Å². The number of sulfonamides is 1. The fourth-order valence-electron chi connectivity index (χ4n) is 4.71. The largest absolute Gasteiger partial charge is 0.299 e. The van der Waals surface area contributed by atoms with Gasteiger partial charge in [-0.3, -0.25) is 9.25 Å². The quantitative estimate of drug-likeness (QED) is 0.376. The first-order chi connectivity index (χ1) is 17.1. The molecule has 7 nitrogen and oxygen atoms in total. The predicted molar refractivity (Wildman–Crippen MR) is 133 cm³/mol. The highest BCUT2D eigenvalue weighted by Gasteiger charge is 2.54. The average molecular weight is 506 g/mol. The van der Waals surface area contributed by atoms with Crippen molar-refractivity contribution in [2.45, 2.75) is 17.6 Å². The van der Waals surface area contributed by atoms with Gasteiger partial charge in [0.25, 0.3) is 0 Å². The topological polar surface area (TPSA) is 95.8 Å². The summed E-state index contributed by atoms with van der Waals surface area (Å²) in [7, 11) is -2.06. The molecule has 182 valence electrons. The lowest BCUT2D eigenvalue weighted by Crippen LogP contribution is -2.28. The molecule has 3 aromatic carbocycles. The van der Waals surface area contributed by atoms with E-state index in [2.05, 4.69) is 10.1 Å². The van der Waals surface area contributed by atoms with Crippen molar-refractivity contribution in [1.29, 1.82) is 0 Å². The Bertz CT molecular complexity index is 1770. The van der Waals surface area contributed by atoms with Gasteiger partial charge in [0.05, 0.1) is 17.2 Å². The molecule has 1 fully saturated rings. The second-order valence-corrected chi connectivity index (χ2v) is 11.0. The maximum Gasteiger partial charge on any atom is 0.219 e. The summed E-state index contributed by atoms with van der Waals surface area (Å²) in [4.78, 5) is 4.54. The smallest absolute Gasteiger partial charge is 0.219 e. The molecule has 0 spiro atoms. The molecule has 6 rings (SSSR count). The number of hydrogen-bond donors (Lipinski definition) is 1. The minimum atomic E-state index is -3.91. The van der Waals surface area contributed by atoms with Gasteiger partial charge >= 0.3 is 0 Å². The van der Waals surface area contributed by atoms with Crippen molar-refractivity contribution in [3.05, 3.63) is 90.5 Å². The number of benzene rings is 3. The first-order valence-corrected chi connectivity index (χ1v) is 12.8. The second-order valence-electron chi connectivity index (χ2n) is 9.15. The Labute approximate surface area is 205 Å². The molecule has 2 aromatic heterocycles. The Morgan fingerprint density at radius 2 is 1.78 bits per heavy atom. The molecule has 10 heteroatoms. The average Bonchev–Trinajstić information content (AvgIpc) is 3.39. The van der Waals surface area contributed by atoms with Crippen LogP contribution in [-0.2, 0) is 21.8 Å². The summed E-state index contributed by atoms with van der Waals surface area (Å²) < 4.78 is 55.6. The van der Waals surface area contributed by atoms with Crippen LogP contribution in [0.4, 0.5) is 8.78 Å². The number of fused-ring (bicyclic) bond motifs is 1. The number of aryl methyl sites for hydroxylation is 1. The van der Waals surface area contributed by atoms with E-state index in [1.54, 1.807) is 35.4 Å². The normalized spacial score (nSPS) is 14.9. The molecule has 2 N–H and O–H groups in total. The third kappa shape index (κ3) is 3.61. The summed E-state index contributed by atoms with van der Waals surface area (Å²) in [5.41, 5.74) is 5.06. The Hall–Kier alpha value is -3.89. The van der Waals surface area contributed by atoms with Crippen LogP contribution in [0.5, 0.6) is 0 Å². The lowest BCUT2D eigenvalue weighted by atomic mass is 9.99. The second kappa shape index (κ2) is 7.81. The standard InChI is InChI=1S/C26H21F2N5O2S/c1-32-14-18(13-31-32)16-2-5-25-24(10-16)30-15-33(25)21-9-17(22-4-3-20(27)12-23(22)28)8-19(11-21)26(6-7-26)36(29,34)35/h2-5,8-15H,6-7H2,1H3,(H2,29,34,35). The van der Waals surface area contributed by atoms with Crippen LogP contribution in [0.25, 0.3) is 39.0 Å². The molecule has 0 unspecified atom stereocenters. The van der Waals surface area contributed by atoms with E-state index in [-0.39, 0.29) is 5.56 Å². The fourth-order valence-corrected chi connectivity index (χ4v) is 5.83. The van der Waals surface area contributed by atoms with Crippen LogP contribution in [0.15, 0.2) is 73.3 Å². The maximum absolute atomic E-state index is 14.7. The van der Waals surface area contributed by atoms with Gasteiger partial charge in [0.15, 0.2) is 0 Å². The van der Waals surface area contributed by atoms with E-state index < -0.39 is 26.4 Å². The zero-order chi connectivity index (χ0) is 25.2. The number of nitrogens with zero attached hydrogens (tertiary/aromatic N) is 4. The van der Waals surface area contributed by atoms with Crippen molar-refractivity contribution in [3.8, 4) is 27.9 Å². The fraction of sp³-hybridized carbons (Fsp3) is 0.154. The third-order valence-corrected chi connectivity index (χ3v) is 8.53. The SMILES string of the molecule is Cn1cc(-c2ccc3c(c2)ncn3-c2cc(-c3ccc(F)cc3F)cc(C3(S(N)(=O)=O)CC3)c2)cn1. The van der Waals surface area contributed by atoms with Crippen LogP contribution in [0.3, 0.4) is 0 Å². The Morgan fingerprint density at radius 3 is 2.44 bits per heavy atom. The van der Waals surface area contributed by atoms with Gasteiger partial charge in [0.2, 0.25) is 10.0 Å². The molecule has 0 saturated heterocycles. The van der Waals surface area contributed by atoms with Gasteiger partial charge in [-0.15, -0.1) is 0 Å². The Balaban J connectivity index is 1.54. The lowest BCUT2D eigenvalue weighted by Gasteiger charge is -2.18. The van der Waals surface area contributed by atoms with Crippen molar-refractivity contribution < 1.29 is 17.2 Å². The van der Waals surface area contributed by atoms with E-state index in [9.17, 15) is 17.2 Å². The summed E-state index contributed by atoms with van der Waals surface area (Å²) in [6.07, 6.45) is 6.07.